The fourth-order valence-corrected chi connectivity index (χ4v) is 3.13. The highest BCUT2D eigenvalue weighted by atomic mass is 16.5. The molecule has 0 fully saturated rings. The van der Waals surface area contributed by atoms with Crippen molar-refractivity contribution in [1.82, 2.24) is 5.32 Å². The van der Waals surface area contributed by atoms with Crippen LogP contribution in [0.25, 0.3) is 5.57 Å². The van der Waals surface area contributed by atoms with Crippen molar-refractivity contribution in [2.24, 2.45) is 0 Å². The number of benzene rings is 1. The summed E-state index contributed by atoms with van der Waals surface area (Å²) in [5.74, 6) is 1.00. The second-order valence-electron chi connectivity index (χ2n) is 5.31. The molecular formula is C17H19NO2. The van der Waals surface area contributed by atoms with E-state index in [9.17, 15) is 4.79 Å². The van der Waals surface area contributed by atoms with Crippen LogP contribution in [0, 0.1) is 0 Å². The molecule has 2 aliphatic rings. The molecule has 3 heteroatoms. The number of rotatable bonds is 3. The number of amides is 1. The summed E-state index contributed by atoms with van der Waals surface area (Å²) in [6.45, 7) is 2.21. The Balaban J connectivity index is 2.08. The van der Waals surface area contributed by atoms with Crippen molar-refractivity contribution in [1.29, 1.82) is 0 Å². The number of methoxy groups -OCH3 is 1. The van der Waals surface area contributed by atoms with E-state index in [1.54, 1.807) is 14.0 Å². The Morgan fingerprint density at radius 3 is 2.95 bits per heavy atom. The predicted octanol–water partition coefficient (Wildman–Crippen LogP) is 2.64. The molecule has 104 valence electrons. The summed E-state index contributed by atoms with van der Waals surface area (Å²) in [6, 6.07) is 4.23. The first-order valence-corrected chi connectivity index (χ1v) is 7.03. The van der Waals surface area contributed by atoms with Crippen molar-refractivity contribution in [3.8, 4) is 5.75 Å². The molecule has 3 nitrogen and oxygen atoms in total. The average Bonchev–Trinajstić information content (AvgIpc) is 2.47. The minimum atomic E-state index is 0.0227. The minimum absolute atomic E-state index is 0.0227. The predicted molar refractivity (Wildman–Crippen MR) is 79.8 cm³/mol. The van der Waals surface area contributed by atoms with Crippen LogP contribution in [0.15, 0.2) is 29.9 Å². The Morgan fingerprint density at radius 2 is 2.20 bits per heavy atom. The third-order valence-electron chi connectivity index (χ3n) is 4.08. The first-order chi connectivity index (χ1) is 9.70. The summed E-state index contributed by atoms with van der Waals surface area (Å²) >= 11 is 0. The lowest BCUT2D eigenvalue weighted by molar-refractivity contribution is -0.118. The molecule has 0 atom stereocenters. The molecule has 2 aliphatic carbocycles. The zero-order valence-corrected chi connectivity index (χ0v) is 12.0. The molecule has 0 aromatic heterocycles. The Hall–Kier alpha value is -2.03. The van der Waals surface area contributed by atoms with Gasteiger partial charge >= 0.3 is 0 Å². The topological polar surface area (TPSA) is 38.3 Å². The van der Waals surface area contributed by atoms with E-state index in [4.69, 9.17) is 4.74 Å². The van der Waals surface area contributed by atoms with E-state index in [1.807, 2.05) is 0 Å². The molecule has 0 saturated heterocycles. The van der Waals surface area contributed by atoms with Gasteiger partial charge in [0.1, 0.15) is 5.75 Å². The molecule has 1 amide bonds. The quantitative estimate of drug-likeness (QED) is 0.916. The van der Waals surface area contributed by atoms with Gasteiger partial charge in [-0.15, -0.1) is 0 Å². The van der Waals surface area contributed by atoms with Crippen molar-refractivity contribution >= 4 is 11.5 Å². The van der Waals surface area contributed by atoms with E-state index >= 15 is 0 Å². The number of allylic oxidation sites excluding steroid dienone is 3. The van der Waals surface area contributed by atoms with Crippen LogP contribution in [-0.2, 0) is 17.6 Å². The van der Waals surface area contributed by atoms with E-state index in [0.29, 0.717) is 6.54 Å². The van der Waals surface area contributed by atoms with Crippen molar-refractivity contribution in [3.05, 3.63) is 46.5 Å². The van der Waals surface area contributed by atoms with E-state index in [2.05, 4.69) is 29.6 Å². The number of ether oxygens (including phenoxy) is 1. The van der Waals surface area contributed by atoms with Gasteiger partial charge in [-0.2, -0.15) is 0 Å². The Morgan fingerprint density at radius 1 is 1.35 bits per heavy atom. The van der Waals surface area contributed by atoms with Crippen LogP contribution in [0.4, 0.5) is 0 Å². The normalized spacial score (nSPS) is 15.9. The highest BCUT2D eigenvalue weighted by molar-refractivity contribution is 5.85. The number of carbonyl (C=O) groups excluding carboxylic acids is 1. The van der Waals surface area contributed by atoms with Gasteiger partial charge < -0.3 is 10.1 Å². The van der Waals surface area contributed by atoms with E-state index in [0.717, 1.165) is 25.0 Å². The molecule has 0 heterocycles. The fraction of sp³-hybridized carbons (Fsp3) is 0.353. The van der Waals surface area contributed by atoms with Crippen LogP contribution in [0.5, 0.6) is 5.75 Å². The molecule has 0 saturated carbocycles. The Bertz CT molecular complexity index is 626. The summed E-state index contributed by atoms with van der Waals surface area (Å²) < 4.78 is 5.50. The maximum Gasteiger partial charge on any atom is 0.217 e. The largest absolute Gasteiger partial charge is 0.496 e. The summed E-state index contributed by atoms with van der Waals surface area (Å²) in [4.78, 5) is 11.1. The molecule has 0 spiro atoms. The second kappa shape index (κ2) is 5.16. The van der Waals surface area contributed by atoms with Crippen LogP contribution < -0.4 is 10.1 Å². The summed E-state index contributed by atoms with van der Waals surface area (Å²) in [6.07, 6.45) is 7.34. The zero-order chi connectivity index (χ0) is 14.1. The van der Waals surface area contributed by atoms with E-state index < -0.39 is 0 Å². The lowest BCUT2D eigenvalue weighted by Gasteiger charge is -2.28. The third kappa shape index (κ3) is 2.13. The minimum Gasteiger partial charge on any atom is -0.496 e. The third-order valence-corrected chi connectivity index (χ3v) is 4.08. The van der Waals surface area contributed by atoms with Crippen LogP contribution in [0.3, 0.4) is 0 Å². The monoisotopic (exact) mass is 269 g/mol. The smallest absolute Gasteiger partial charge is 0.217 e. The molecule has 0 unspecified atom stereocenters. The van der Waals surface area contributed by atoms with Crippen LogP contribution in [0.2, 0.25) is 0 Å². The summed E-state index contributed by atoms with van der Waals surface area (Å²) in [7, 11) is 1.73. The van der Waals surface area contributed by atoms with Gasteiger partial charge in [0, 0.05) is 19.0 Å². The van der Waals surface area contributed by atoms with Gasteiger partial charge in [-0.1, -0.05) is 18.2 Å². The lowest BCUT2D eigenvalue weighted by Crippen LogP contribution is -2.25. The highest BCUT2D eigenvalue weighted by Gasteiger charge is 2.24. The maximum atomic E-state index is 11.1. The number of hydrogen-bond donors (Lipinski definition) is 1. The molecule has 0 radical (unpaired) electrons. The van der Waals surface area contributed by atoms with Gasteiger partial charge in [-0.25, -0.2) is 0 Å². The maximum absolute atomic E-state index is 11.1. The van der Waals surface area contributed by atoms with Gasteiger partial charge in [0.2, 0.25) is 5.91 Å². The molecule has 3 rings (SSSR count). The molecular weight excluding hydrogens is 250 g/mol. The fourth-order valence-electron chi connectivity index (χ4n) is 3.13. The average molecular weight is 269 g/mol. The number of hydrogen-bond acceptors (Lipinski definition) is 2. The first-order valence-electron chi connectivity index (χ1n) is 7.03. The zero-order valence-electron chi connectivity index (χ0n) is 12.0. The SMILES string of the molecule is COc1ccc2c3c1CCC(CNC(C)=O)=C3C=CC2. The van der Waals surface area contributed by atoms with Gasteiger partial charge in [0.25, 0.3) is 0 Å². The molecule has 1 N–H and O–H groups in total. The first kappa shape index (κ1) is 13.0. The molecule has 0 aliphatic heterocycles. The summed E-state index contributed by atoms with van der Waals surface area (Å²) in [5, 5.41) is 2.92. The number of carbonyl (C=O) groups is 1. The molecule has 0 bridgehead atoms. The molecule has 1 aromatic rings. The van der Waals surface area contributed by atoms with Gasteiger partial charge in [-0.3, -0.25) is 4.79 Å². The number of nitrogens with one attached hydrogen (secondary N) is 1. The van der Waals surface area contributed by atoms with Gasteiger partial charge in [0.05, 0.1) is 7.11 Å². The van der Waals surface area contributed by atoms with E-state index in [-0.39, 0.29) is 5.91 Å². The van der Waals surface area contributed by atoms with Crippen LogP contribution in [-0.4, -0.2) is 19.6 Å². The van der Waals surface area contributed by atoms with Crippen molar-refractivity contribution < 1.29 is 9.53 Å². The summed E-state index contributed by atoms with van der Waals surface area (Å²) in [5.41, 5.74) is 6.60. The molecule has 1 aromatic carbocycles. The van der Waals surface area contributed by atoms with Gasteiger partial charge in [0.15, 0.2) is 0 Å². The van der Waals surface area contributed by atoms with Crippen molar-refractivity contribution in [2.75, 3.05) is 13.7 Å². The van der Waals surface area contributed by atoms with Crippen molar-refractivity contribution in [3.63, 3.8) is 0 Å². The van der Waals surface area contributed by atoms with Crippen molar-refractivity contribution in [2.45, 2.75) is 26.2 Å². The van der Waals surface area contributed by atoms with Crippen LogP contribution in [0.1, 0.15) is 30.0 Å². The van der Waals surface area contributed by atoms with Crippen LogP contribution >= 0.6 is 0 Å². The highest BCUT2D eigenvalue weighted by Crippen LogP contribution is 2.41. The Kier molecular flexibility index (Phi) is 3.35. The standard InChI is InChI=1S/C17H19NO2/c1-11(19)18-10-13-6-8-15-16(20-2)9-7-12-4-3-5-14(13)17(12)15/h3,5,7,9H,4,6,8,10H2,1-2H3,(H,18,19). The Labute approximate surface area is 119 Å². The second-order valence-corrected chi connectivity index (χ2v) is 5.31. The van der Waals surface area contributed by atoms with E-state index in [1.165, 1.54) is 27.8 Å². The molecule has 20 heavy (non-hydrogen) atoms. The lowest BCUT2D eigenvalue weighted by atomic mass is 9.79. The van der Waals surface area contributed by atoms with Gasteiger partial charge in [-0.05, 0) is 47.6 Å².